The van der Waals surface area contributed by atoms with Crippen LogP contribution in [0.5, 0.6) is 0 Å². The van der Waals surface area contributed by atoms with Crippen molar-refractivity contribution < 1.29 is 8.85 Å². The van der Waals surface area contributed by atoms with Gasteiger partial charge in [-0.05, 0) is 119 Å². The quantitative estimate of drug-likeness (QED) is 0.211. The monoisotopic (exact) mass is 701 g/mol. The third-order valence-electron chi connectivity index (χ3n) is 11.3. The predicted octanol–water partition coefficient (Wildman–Crippen LogP) is 16.1. The Morgan fingerprint density at radius 1 is 0.362 bits per heavy atom. The van der Waals surface area contributed by atoms with Gasteiger partial charge in [-0.1, -0.05) is 150 Å². The van der Waals surface area contributed by atoms with Gasteiger partial charge in [-0.15, -0.1) is 0 Å². The van der Waals surface area contributed by atoms with E-state index < -0.39 is 16.6 Å². The second-order valence-corrected chi connectivity index (χ2v) is 33.7. The highest BCUT2D eigenvalue weighted by atomic mass is 28.4. The molecule has 0 fully saturated rings. The maximum Gasteiger partial charge on any atom is 0.178 e. The Balaban J connectivity index is -0.000000267. The highest BCUT2D eigenvalue weighted by Gasteiger charge is 2.46. The molecule has 0 saturated carbocycles. The van der Waals surface area contributed by atoms with E-state index in [4.69, 9.17) is 8.85 Å². The average Bonchev–Trinajstić information content (AvgIpc) is 2.65. The standard InChI is InChI=1S/C12H30OSi2.C12H24.C11H24.C8H18O/c1-11(2,3)14(7,8)13-15(9,10)12(4,5)6;1-9(11(3,4)5)10(2)12(6,7)8;1-9(2,3)11(7,8)10(4,5)6;1-7(2,3)9-8(4,5)6/h1-10H3;1-8H3;1-8H3;1-6H3/b;10-9-;;. The van der Waals surface area contributed by atoms with Gasteiger partial charge in [0, 0.05) is 0 Å². The van der Waals surface area contributed by atoms with E-state index in [1.165, 1.54) is 11.1 Å². The molecule has 0 aliphatic carbocycles. The summed E-state index contributed by atoms with van der Waals surface area (Å²) in [5, 5.41) is 0.644. The lowest BCUT2D eigenvalue weighted by molar-refractivity contribution is -0.102. The van der Waals surface area contributed by atoms with Crippen molar-refractivity contribution in [3.63, 3.8) is 0 Å². The zero-order chi connectivity index (χ0) is 40.1. The van der Waals surface area contributed by atoms with Gasteiger partial charge in [-0.3, -0.25) is 0 Å². The van der Waals surface area contributed by atoms with Crippen LogP contribution in [-0.4, -0.2) is 27.8 Å². The Hall–Kier alpha value is 0.0938. The van der Waals surface area contributed by atoms with Crippen molar-refractivity contribution in [2.24, 2.45) is 27.1 Å². The highest BCUT2D eigenvalue weighted by molar-refractivity contribution is 6.87. The molecule has 0 aromatic rings. The van der Waals surface area contributed by atoms with Crippen molar-refractivity contribution in [3.05, 3.63) is 11.1 Å². The van der Waals surface area contributed by atoms with Gasteiger partial charge in [0.25, 0.3) is 0 Å². The predicted molar refractivity (Wildman–Crippen MR) is 226 cm³/mol. The molecule has 2 nitrogen and oxygen atoms in total. The van der Waals surface area contributed by atoms with Gasteiger partial charge in [-0.25, -0.2) is 0 Å². The summed E-state index contributed by atoms with van der Waals surface area (Å²) in [4.78, 5) is 0. The van der Waals surface area contributed by atoms with E-state index in [-0.39, 0.29) is 11.2 Å². The third kappa shape index (κ3) is 21.8. The normalized spacial score (nSPS) is 15.3. The maximum atomic E-state index is 6.63. The van der Waals surface area contributed by atoms with Crippen LogP contribution in [0.25, 0.3) is 0 Å². The van der Waals surface area contributed by atoms with Gasteiger partial charge < -0.3 is 8.85 Å². The first-order chi connectivity index (χ1) is 19.5. The molecule has 0 radical (unpaired) electrons. The highest BCUT2D eigenvalue weighted by Crippen LogP contribution is 2.50. The zero-order valence-corrected chi connectivity index (χ0v) is 41.3. The second kappa shape index (κ2) is 17.1. The summed E-state index contributed by atoms with van der Waals surface area (Å²) in [5.74, 6) is 0. The van der Waals surface area contributed by atoms with Gasteiger partial charge >= 0.3 is 0 Å². The van der Waals surface area contributed by atoms with E-state index >= 15 is 0 Å². The van der Waals surface area contributed by atoms with Crippen molar-refractivity contribution in [3.8, 4) is 0 Å². The lowest BCUT2D eigenvalue weighted by Gasteiger charge is -2.49. The Kier molecular flexibility index (Phi) is 19.6. The van der Waals surface area contributed by atoms with E-state index in [2.05, 4.69) is 220 Å². The summed E-state index contributed by atoms with van der Waals surface area (Å²) in [7, 11) is -3.18. The molecule has 0 N–H and O–H groups in total. The van der Waals surface area contributed by atoms with Gasteiger partial charge in [-0.2, -0.15) is 0 Å². The SMILES string of the molecule is C/C(=C(\C)C(C)(C)C)C(C)(C)C.CC(C)(C)C(C)(C)C(C)(C)C.CC(C)(C)OC(C)(C)C.CC(C)(C)[Si](C)(C)O[Si](C)(C)C(C)(C)C. The number of hydrogen-bond acceptors (Lipinski definition) is 2. The summed E-state index contributed by atoms with van der Waals surface area (Å²) in [6, 6.07) is 0. The first kappa shape index (κ1) is 53.9. The lowest BCUT2D eigenvalue weighted by atomic mass is 9.56. The topological polar surface area (TPSA) is 18.5 Å². The van der Waals surface area contributed by atoms with Crippen LogP contribution < -0.4 is 0 Å². The number of rotatable bonds is 2. The van der Waals surface area contributed by atoms with Crippen LogP contribution in [0.4, 0.5) is 0 Å². The number of ether oxygens (including phenoxy) is 1. The number of allylic oxidation sites excluding steroid dienone is 2. The molecule has 0 aromatic carbocycles. The smallest absolute Gasteiger partial charge is 0.178 e. The lowest BCUT2D eigenvalue weighted by Crippen LogP contribution is -2.53. The van der Waals surface area contributed by atoms with Crippen LogP contribution in [0.1, 0.15) is 194 Å². The van der Waals surface area contributed by atoms with E-state index in [1.54, 1.807) is 0 Å². The van der Waals surface area contributed by atoms with Crippen molar-refractivity contribution in [1.82, 2.24) is 0 Å². The molecule has 0 amide bonds. The molecular weight excluding hydrogens is 605 g/mol. The minimum atomic E-state index is -1.59. The van der Waals surface area contributed by atoms with Gasteiger partial charge in [0.1, 0.15) is 0 Å². The summed E-state index contributed by atoms with van der Waals surface area (Å²) in [6.45, 7) is 72.5. The van der Waals surface area contributed by atoms with Crippen molar-refractivity contribution in [1.29, 1.82) is 0 Å². The molecule has 0 unspecified atom stereocenters. The molecule has 0 aliphatic rings. The molecule has 0 spiro atoms. The molecule has 0 rings (SSSR count). The minimum Gasteiger partial charge on any atom is -0.455 e. The molecular formula is C43H96O2Si2. The van der Waals surface area contributed by atoms with E-state index in [9.17, 15) is 0 Å². The fourth-order valence-electron chi connectivity index (χ4n) is 4.11. The van der Waals surface area contributed by atoms with Gasteiger partial charge in [0.05, 0.1) is 11.2 Å². The third-order valence-corrected chi connectivity index (χ3v) is 22.6. The fourth-order valence-corrected chi connectivity index (χ4v) is 11.7. The molecule has 47 heavy (non-hydrogen) atoms. The summed E-state index contributed by atoms with van der Waals surface area (Å²) in [6.07, 6.45) is 0. The van der Waals surface area contributed by atoms with Crippen molar-refractivity contribution in [2.45, 2.75) is 241 Å². The van der Waals surface area contributed by atoms with Crippen LogP contribution in [0.2, 0.25) is 36.3 Å². The van der Waals surface area contributed by atoms with E-state index in [0.717, 1.165) is 0 Å². The van der Waals surface area contributed by atoms with Crippen LogP contribution in [0.15, 0.2) is 11.1 Å². The molecule has 0 saturated heterocycles. The van der Waals surface area contributed by atoms with Gasteiger partial charge in [0.2, 0.25) is 0 Å². The first-order valence-corrected chi connectivity index (χ1v) is 24.4. The largest absolute Gasteiger partial charge is 0.455 e. The summed E-state index contributed by atoms with van der Waals surface area (Å²) in [5.41, 5.74) is 4.78. The fraction of sp³-hybridized carbons (Fsp3) is 0.953. The first-order valence-electron chi connectivity index (χ1n) is 18.6. The number of hydrogen-bond donors (Lipinski definition) is 0. The molecule has 4 heteroatoms. The summed E-state index contributed by atoms with van der Waals surface area (Å²) < 4.78 is 12.3. The average molecular weight is 701 g/mol. The van der Waals surface area contributed by atoms with Crippen LogP contribution in [0, 0.1) is 27.1 Å². The zero-order valence-electron chi connectivity index (χ0n) is 39.3. The molecule has 288 valence electrons. The summed E-state index contributed by atoms with van der Waals surface area (Å²) >= 11 is 0. The van der Waals surface area contributed by atoms with E-state index in [1.807, 2.05) is 0 Å². The Bertz CT molecular complexity index is 850. The van der Waals surface area contributed by atoms with E-state index in [0.29, 0.717) is 37.2 Å². The molecule has 0 aromatic heterocycles. The molecule has 0 heterocycles. The van der Waals surface area contributed by atoms with Crippen LogP contribution >= 0.6 is 0 Å². The van der Waals surface area contributed by atoms with Crippen molar-refractivity contribution in [2.75, 3.05) is 0 Å². The Morgan fingerprint density at radius 2 is 0.553 bits per heavy atom. The molecule has 0 atom stereocenters. The molecule has 0 bridgehead atoms. The van der Waals surface area contributed by atoms with Crippen LogP contribution in [0.3, 0.4) is 0 Å². The Labute approximate surface area is 304 Å². The minimum absolute atomic E-state index is 0.0156. The Morgan fingerprint density at radius 3 is 0.617 bits per heavy atom. The maximum absolute atomic E-state index is 6.63. The van der Waals surface area contributed by atoms with Crippen molar-refractivity contribution >= 4 is 16.6 Å². The molecule has 0 aliphatic heterocycles. The second-order valence-electron chi connectivity index (χ2n) is 23.8. The van der Waals surface area contributed by atoms with Gasteiger partial charge in [0.15, 0.2) is 16.6 Å². The van der Waals surface area contributed by atoms with Crippen LogP contribution in [-0.2, 0) is 8.85 Å².